The van der Waals surface area contributed by atoms with Crippen LogP contribution in [0.4, 0.5) is 0 Å². The topological polar surface area (TPSA) is 39.1 Å². The molecule has 0 aromatic carbocycles. The molecule has 2 rings (SSSR count). The minimum absolute atomic E-state index is 0.227. The lowest BCUT2D eigenvalue weighted by Crippen LogP contribution is -2.60. The van der Waals surface area contributed by atoms with Crippen LogP contribution in [0.3, 0.4) is 0 Å². The molecule has 1 saturated carbocycles. The zero-order chi connectivity index (χ0) is 12.5. The van der Waals surface area contributed by atoms with Gasteiger partial charge in [-0.25, -0.2) is 0 Å². The van der Waals surface area contributed by atoms with Crippen molar-refractivity contribution < 1.29 is 4.74 Å². The predicted molar refractivity (Wildman–Crippen MR) is 67.6 cm³/mol. The predicted octanol–water partition coefficient (Wildman–Crippen LogP) is 1.71. The van der Waals surface area contributed by atoms with Crippen LogP contribution in [0.25, 0.3) is 0 Å². The van der Waals surface area contributed by atoms with Crippen molar-refractivity contribution in [3.8, 4) is 0 Å². The fourth-order valence-electron chi connectivity index (χ4n) is 2.50. The van der Waals surface area contributed by atoms with Gasteiger partial charge in [0.2, 0.25) is 0 Å². The Morgan fingerprint density at radius 3 is 2.88 bits per heavy atom. The Bertz CT molecular complexity index is 372. The maximum atomic E-state index is 5.72. The zero-order valence-electron chi connectivity index (χ0n) is 11.2. The van der Waals surface area contributed by atoms with Crippen LogP contribution < -0.4 is 5.32 Å². The van der Waals surface area contributed by atoms with Crippen molar-refractivity contribution in [3.63, 3.8) is 0 Å². The smallest absolute Gasteiger partial charge is 0.0762 e. The van der Waals surface area contributed by atoms with Crippen molar-refractivity contribution in [1.82, 2.24) is 15.1 Å². The van der Waals surface area contributed by atoms with E-state index < -0.39 is 0 Å². The molecule has 1 aliphatic rings. The molecule has 1 aromatic rings. The number of hydrogen-bond acceptors (Lipinski definition) is 3. The summed E-state index contributed by atoms with van der Waals surface area (Å²) in [5.74, 6) is 0. The van der Waals surface area contributed by atoms with E-state index in [1.807, 2.05) is 17.9 Å². The molecule has 0 radical (unpaired) electrons. The van der Waals surface area contributed by atoms with Crippen LogP contribution in [-0.2, 0) is 18.3 Å². The molecule has 2 atom stereocenters. The number of aromatic nitrogens is 2. The largest absolute Gasteiger partial charge is 0.378 e. The van der Waals surface area contributed by atoms with Crippen LogP contribution in [0.1, 0.15) is 32.9 Å². The summed E-state index contributed by atoms with van der Waals surface area (Å²) in [4.78, 5) is 0. The second-order valence-electron chi connectivity index (χ2n) is 5.42. The van der Waals surface area contributed by atoms with Gasteiger partial charge in [0.05, 0.1) is 11.8 Å². The van der Waals surface area contributed by atoms with E-state index in [0.29, 0.717) is 12.1 Å². The molecule has 1 heterocycles. The summed E-state index contributed by atoms with van der Waals surface area (Å²) in [5, 5.41) is 7.94. The molecule has 1 N–H and O–H groups in total. The fraction of sp³-hybridized carbons (Fsp3) is 0.769. The molecule has 4 heteroatoms. The maximum absolute atomic E-state index is 5.72. The summed E-state index contributed by atoms with van der Waals surface area (Å²) in [5.41, 5.74) is 1.33. The number of aryl methyl sites for hydroxylation is 1. The molecule has 1 aliphatic carbocycles. The van der Waals surface area contributed by atoms with Gasteiger partial charge in [-0.3, -0.25) is 4.68 Å². The molecule has 0 spiro atoms. The van der Waals surface area contributed by atoms with E-state index in [4.69, 9.17) is 4.74 Å². The lowest BCUT2D eigenvalue weighted by Gasteiger charge is -2.51. The van der Waals surface area contributed by atoms with Crippen molar-refractivity contribution in [2.45, 2.75) is 45.9 Å². The van der Waals surface area contributed by atoms with Gasteiger partial charge in [-0.2, -0.15) is 5.10 Å². The standard InChI is InChI=1S/C13H23N3O/c1-5-17-12-8-11(13(12,2)3)14-9-10-6-7-16(4)15-10/h6-7,11-12,14H,5,8-9H2,1-4H3. The Labute approximate surface area is 103 Å². The Morgan fingerprint density at radius 1 is 1.59 bits per heavy atom. The van der Waals surface area contributed by atoms with Crippen molar-refractivity contribution in [3.05, 3.63) is 18.0 Å². The fourth-order valence-corrected chi connectivity index (χ4v) is 2.50. The van der Waals surface area contributed by atoms with Crippen molar-refractivity contribution in [2.75, 3.05) is 6.61 Å². The van der Waals surface area contributed by atoms with E-state index in [9.17, 15) is 0 Å². The van der Waals surface area contributed by atoms with E-state index in [1.54, 1.807) is 0 Å². The Balaban J connectivity index is 1.82. The monoisotopic (exact) mass is 237 g/mol. The lowest BCUT2D eigenvalue weighted by atomic mass is 9.64. The second-order valence-corrected chi connectivity index (χ2v) is 5.42. The molecule has 1 aromatic heterocycles. The van der Waals surface area contributed by atoms with Crippen LogP contribution in [0.2, 0.25) is 0 Å². The van der Waals surface area contributed by atoms with Gasteiger partial charge in [-0.1, -0.05) is 13.8 Å². The quantitative estimate of drug-likeness (QED) is 0.847. The van der Waals surface area contributed by atoms with Gasteiger partial charge in [0.1, 0.15) is 0 Å². The Hall–Kier alpha value is -0.870. The van der Waals surface area contributed by atoms with Crippen LogP contribution in [0.5, 0.6) is 0 Å². The number of nitrogens with one attached hydrogen (secondary N) is 1. The summed E-state index contributed by atoms with van der Waals surface area (Å²) >= 11 is 0. The summed E-state index contributed by atoms with van der Waals surface area (Å²) in [6, 6.07) is 2.58. The number of ether oxygens (including phenoxy) is 1. The highest BCUT2D eigenvalue weighted by Crippen LogP contribution is 2.42. The van der Waals surface area contributed by atoms with E-state index in [0.717, 1.165) is 25.3 Å². The summed E-state index contributed by atoms with van der Waals surface area (Å²) < 4.78 is 7.56. The van der Waals surface area contributed by atoms with E-state index in [-0.39, 0.29) is 5.41 Å². The minimum atomic E-state index is 0.227. The van der Waals surface area contributed by atoms with Crippen LogP contribution in [0.15, 0.2) is 12.3 Å². The van der Waals surface area contributed by atoms with E-state index >= 15 is 0 Å². The maximum Gasteiger partial charge on any atom is 0.0762 e. The molecule has 0 bridgehead atoms. The molecular formula is C13H23N3O. The Kier molecular flexibility index (Phi) is 3.54. The van der Waals surface area contributed by atoms with Gasteiger partial charge in [0.15, 0.2) is 0 Å². The summed E-state index contributed by atoms with van der Waals surface area (Å²) in [6.45, 7) is 8.25. The highest BCUT2D eigenvalue weighted by molar-refractivity contribution is 5.05. The van der Waals surface area contributed by atoms with Gasteiger partial charge in [-0.05, 0) is 19.4 Å². The molecule has 0 aliphatic heterocycles. The van der Waals surface area contributed by atoms with E-state index in [2.05, 4.69) is 37.3 Å². The molecule has 2 unspecified atom stereocenters. The molecule has 1 fully saturated rings. The number of hydrogen-bond donors (Lipinski definition) is 1. The van der Waals surface area contributed by atoms with Crippen molar-refractivity contribution in [2.24, 2.45) is 12.5 Å². The van der Waals surface area contributed by atoms with Gasteiger partial charge in [-0.15, -0.1) is 0 Å². The van der Waals surface area contributed by atoms with Gasteiger partial charge >= 0.3 is 0 Å². The molecule has 17 heavy (non-hydrogen) atoms. The molecule has 96 valence electrons. The van der Waals surface area contributed by atoms with Gasteiger partial charge in [0, 0.05) is 37.9 Å². The first kappa shape index (κ1) is 12.6. The first-order valence-corrected chi connectivity index (χ1v) is 6.37. The molecule has 4 nitrogen and oxygen atoms in total. The third kappa shape index (κ3) is 2.53. The Morgan fingerprint density at radius 2 is 2.35 bits per heavy atom. The van der Waals surface area contributed by atoms with Crippen molar-refractivity contribution >= 4 is 0 Å². The third-order valence-corrected chi connectivity index (χ3v) is 3.84. The minimum Gasteiger partial charge on any atom is -0.378 e. The van der Waals surface area contributed by atoms with Crippen molar-refractivity contribution in [1.29, 1.82) is 0 Å². The summed E-state index contributed by atoms with van der Waals surface area (Å²) in [6.07, 6.45) is 3.48. The highest BCUT2D eigenvalue weighted by atomic mass is 16.5. The van der Waals surface area contributed by atoms with Crippen LogP contribution in [0, 0.1) is 5.41 Å². The van der Waals surface area contributed by atoms with E-state index in [1.165, 1.54) is 0 Å². The first-order valence-electron chi connectivity index (χ1n) is 6.37. The average Bonchev–Trinajstić information content (AvgIpc) is 2.68. The third-order valence-electron chi connectivity index (χ3n) is 3.84. The van der Waals surface area contributed by atoms with Gasteiger partial charge < -0.3 is 10.1 Å². The highest BCUT2D eigenvalue weighted by Gasteiger charge is 2.48. The number of rotatable bonds is 5. The normalized spacial score (nSPS) is 26.8. The zero-order valence-corrected chi connectivity index (χ0v) is 11.2. The van der Waals surface area contributed by atoms with Crippen LogP contribution in [-0.4, -0.2) is 28.5 Å². The molecule has 0 amide bonds. The van der Waals surface area contributed by atoms with Crippen LogP contribution >= 0.6 is 0 Å². The number of nitrogens with zero attached hydrogens (tertiary/aromatic N) is 2. The lowest BCUT2D eigenvalue weighted by molar-refractivity contribution is -0.114. The molecular weight excluding hydrogens is 214 g/mol. The average molecular weight is 237 g/mol. The SMILES string of the molecule is CCOC1CC(NCc2ccn(C)n2)C1(C)C. The summed E-state index contributed by atoms with van der Waals surface area (Å²) in [7, 11) is 1.95. The second kappa shape index (κ2) is 4.78. The molecule has 0 saturated heterocycles. The van der Waals surface area contributed by atoms with Gasteiger partial charge in [0.25, 0.3) is 0 Å². The first-order chi connectivity index (χ1) is 8.04.